The molecule has 1 aromatic rings. The Balaban J connectivity index is 1.83. The number of carbonyl (C=O) groups is 2. The molecule has 0 aliphatic carbocycles. The molecular formula is C16H22N2O3. The minimum Gasteiger partial charge on any atom is -0.469 e. The topological polar surface area (TPSA) is 58.6 Å². The highest BCUT2D eigenvalue weighted by molar-refractivity contribution is 5.82. The summed E-state index contributed by atoms with van der Waals surface area (Å²) in [5.74, 6) is -0.296. The molecule has 1 fully saturated rings. The summed E-state index contributed by atoms with van der Waals surface area (Å²) in [5, 5.41) is 2.82. The zero-order valence-corrected chi connectivity index (χ0v) is 12.4. The molecule has 1 heterocycles. The molecule has 1 aliphatic heterocycles. The lowest BCUT2D eigenvalue weighted by Crippen LogP contribution is -2.43. The molecular weight excluding hydrogens is 268 g/mol. The van der Waals surface area contributed by atoms with Gasteiger partial charge < -0.3 is 10.1 Å². The predicted molar refractivity (Wildman–Crippen MR) is 79.5 cm³/mol. The van der Waals surface area contributed by atoms with Crippen molar-refractivity contribution < 1.29 is 14.3 Å². The summed E-state index contributed by atoms with van der Waals surface area (Å²) in [6.07, 6.45) is 2.12. The minimum atomic E-state index is -0.303. The van der Waals surface area contributed by atoms with Gasteiger partial charge >= 0.3 is 5.97 Å². The van der Waals surface area contributed by atoms with E-state index in [2.05, 4.69) is 27.1 Å². The summed E-state index contributed by atoms with van der Waals surface area (Å²) in [5.41, 5.74) is 1.21. The van der Waals surface area contributed by atoms with Crippen LogP contribution in [-0.2, 0) is 20.9 Å². The largest absolute Gasteiger partial charge is 0.469 e. The third kappa shape index (κ3) is 4.56. The third-order valence-corrected chi connectivity index (χ3v) is 3.75. The Labute approximate surface area is 125 Å². The van der Waals surface area contributed by atoms with Crippen LogP contribution in [0.3, 0.4) is 0 Å². The number of hydrogen-bond acceptors (Lipinski definition) is 4. The minimum absolute atomic E-state index is 0.00679. The smallest absolute Gasteiger partial charge is 0.307 e. The van der Waals surface area contributed by atoms with Crippen LogP contribution in [0.4, 0.5) is 0 Å². The molecule has 0 bridgehead atoms. The summed E-state index contributed by atoms with van der Waals surface area (Å²) < 4.78 is 4.56. The zero-order valence-electron chi connectivity index (χ0n) is 12.4. The number of nitrogens with zero attached hydrogens (tertiary/aromatic N) is 1. The van der Waals surface area contributed by atoms with Gasteiger partial charge in [0.25, 0.3) is 0 Å². The van der Waals surface area contributed by atoms with Gasteiger partial charge in [0.15, 0.2) is 0 Å². The van der Waals surface area contributed by atoms with Crippen LogP contribution in [0.5, 0.6) is 0 Å². The fraction of sp³-hybridized carbons (Fsp3) is 0.500. The lowest BCUT2D eigenvalue weighted by Gasteiger charge is -2.23. The molecule has 0 aromatic heterocycles. The molecule has 1 aliphatic rings. The van der Waals surface area contributed by atoms with Gasteiger partial charge in [-0.15, -0.1) is 0 Å². The number of benzene rings is 1. The van der Waals surface area contributed by atoms with Crippen molar-refractivity contribution in [2.24, 2.45) is 0 Å². The van der Waals surface area contributed by atoms with E-state index in [1.807, 2.05) is 18.2 Å². The molecule has 1 aromatic carbocycles. The van der Waals surface area contributed by atoms with E-state index in [1.165, 1.54) is 12.7 Å². The summed E-state index contributed by atoms with van der Waals surface area (Å²) in [6.45, 7) is 2.06. The number of carbonyl (C=O) groups excluding carboxylic acids is 2. The number of hydrogen-bond donors (Lipinski definition) is 1. The van der Waals surface area contributed by atoms with Crippen molar-refractivity contribution in [1.29, 1.82) is 0 Å². The van der Waals surface area contributed by atoms with Crippen LogP contribution >= 0.6 is 0 Å². The highest BCUT2D eigenvalue weighted by Crippen LogP contribution is 2.20. The zero-order chi connectivity index (χ0) is 15.1. The first-order valence-corrected chi connectivity index (χ1v) is 7.33. The van der Waals surface area contributed by atoms with Crippen molar-refractivity contribution in [2.45, 2.75) is 31.8 Å². The maximum atomic E-state index is 12.2. The second-order valence-electron chi connectivity index (χ2n) is 5.23. The molecule has 114 valence electrons. The van der Waals surface area contributed by atoms with Gasteiger partial charge in [-0.05, 0) is 24.9 Å². The van der Waals surface area contributed by atoms with Gasteiger partial charge in [-0.1, -0.05) is 30.3 Å². The Morgan fingerprint density at radius 2 is 2.10 bits per heavy atom. The Hall–Kier alpha value is -1.88. The van der Waals surface area contributed by atoms with Crippen LogP contribution in [0, 0.1) is 0 Å². The van der Waals surface area contributed by atoms with Crippen molar-refractivity contribution in [3.8, 4) is 0 Å². The summed E-state index contributed by atoms with van der Waals surface area (Å²) in [6, 6.07) is 10.1. The van der Waals surface area contributed by atoms with E-state index in [4.69, 9.17) is 0 Å². The Bertz CT molecular complexity index is 476. The fourth-order valence-electron chi connectivity index (χ4n) is 2.64. The second-order valence-corrected chi connectivity index (χ2v) is 5.23. The van der Waals surface area contributed by atoms with Crippen LogP contribution in [0.15, 0.2) is 30.3 Å². The molecule has 1 amide bonds. The van der Waals surface area contributed by atoms with Gasteiger partial charge in [-0.3, -0.25) is 14.5 Å². The highest BCUT2D eigenvalue weighted by Gasteiger charge is 2.30. The van der Waals surface area contributed by atoms with Gasteiger partial charge in [-0.2, -0.15) is 0 Å². The molecule has 0 spiro atoms. The SMILES string of the molecule is COC(=O)CCNC(=O)C1CCCN1Cc1ccccc1. The Morgan fingerprint density at radius 1 is 1.33 bits per heavy atom. The lowest BCUT2D eigenvalue weighted by molar-refractivity contribution is -0.140. The van der Waals surface area contributed by atoms with Gasteiger partial charge in [0.05, 0.1) is 19.6 Å². The maximum Gasteiger partial charge on any atom is 0.307 e. The van der Waals surface area contributed by atoms with E-state index in [9.17, 15) is 9.59 Å². The van der Waals surface area contributed by atoms with Crippen molar-refractivity contribution in [3.63, 3.8) is 0 Å². The quantitative estimate of drug-likeness (QED) is 0.803. The van der Waals surface area contributed by atoms with E-state index in [1.54, 1.807) is 0 Å². The van der Waals surface area contributed by atoms with Gasteiger partial charge in [0.1, 0.15) is 0 Å². The van der Waals surface area contributed by atoms with Crippen LogP contribution in [0.2, 0.25) is 0 Å². The highest BCUT2D eigenvalue weighted by atomic mass is 16.5. The van der Waals surface area contributed by atoms with Crippen molar-refractivity contribution >= 4 is 11.9 Å². The van der Waals surface area contributed by atoms with Crippen molar-refractivity contribution in [2.75, 3.05) is 20.2 Å². The normalized spacial score (nSPS) is 18.4. The number of likely N-dealkylation sites (tertiary alicyclic amines) is 1. The molecule has 1 saturated heterocycles. The molecule has 1 unspecified atom stereocenters. The molecule has 1 atom stereocenters. The number of amides is 1. The average molecular weight is 290 g/mol. The average Bonchev–Trinajstić information content (AvgIpc) is 2.96. The summed E-state index contributed by atoms with van der Waals surface area (Å²) in [4.78, 5) is 25.4. The van der Waals surface area contributed by atoms with E-state index in [0.29, 0.717) is 6.54 Å². The number of methoxy groups -OCH3 is 1. The number of nitrogens with one attached hydrogen (secondary N) is 1. The third-order valence-electron chi connectivity index (χ3n) is 3.75. The summed E-state index contributed by atoms with van der Waals surface area (Å²) >= 11 is 0. The second kappa shape index (κ2) is 7.78. The molecule has 0 radical (unpaired) electrons. The molecule has 2 rings (SSSR count). The maximum absolute atomic E-state index is 12.2. The Kier molecular flexibility index (Phi) is 5.75. The molecule has 0 saturated carbocycles. The number of ether oxygens (including phenoxy) is 1. The lowest BCUT2D eigenvalue weighted by atomic mass is 10.1. The first-order valence-electron chi connectivity index (χ1n) is 7.33. The summed E-state index contributed by atoms with van der Waals surface area (Å²) in [7, 11) is 1.35. The molecule has 1 N–H and O–H groups in total. The van der Waals surface area contributed by atoms with Crippen LogP contribution < -0.4 is 5.32 Å². The first-order chi connectivity index (χ1) is 10.2. The van der Waals surface area contributed by atoms with Crippen LogP contribution in [0.25, 0.3) is 0 Å². The van der Waals surface area contributed by atoms with E-state index in [0.717, 1.165) is 25.9 Å². The van der Waals surface area contributed by atoms with Gasteiger partial charge in [0.2, 0.25) is 5.91 Å². The monoisotopic (exact) mass is 290 g/mol. The fourth-order valence-corrected chi connectivity index (χ4v) is 2.64. The van der Waals surface area contributed by atoms with E-state index in [-0.39, 0.29) is 24.3 Å². The number of esters is 1. The molecule has 5 nitrogen and oxygen atoms in total. The molecule has 21 heavy (non-hydrogen) atoms. The van der Waals surface area contributed by atoms with Crippen molar-refractivity contribution in [1.82, 2.24) is 10.2 Å². The van der Waals surface area contributed by atoms with Crippen LogP contribution in [-0.4, -0.2) is 43.0 Å². The van der Waals surface area contributed by atoms with E-state index >= 15 is 0 Å². The standard InChI is InChI=1S/C16H22N2O3/c1-21-15(19)9-10-17-16(20)14-8-5-11-18(14)12-13-6-3-2-4-7-13/h2-4,6-7,14H,5,8-12H2,1H3,(H,17,20). The Morgan fingerprint density at radius 3 is 2.81 bits per heavy atom. The predicted octanol–water partition coefficient (Wildman–Crippen LogP) is 1.33. The van der Waals surface area contributed by atoms with Gasteiger partial charge in [0, 0.05) is 13.1 Å². The first kappa shape index (κ1) is 15.5. The molecule has 5 heteroatoms. The number of rotatable bonds is 6. The van der Waals surface area contributed by atoms with Gasteiger partial charge in [-0.25, -0.2) is 0 Å². The van der Waals surface area contributed by atoms with Crippen molar-refractivity contribution in [3.05, 3.63) is 35.9 Å². The van der Waals surface area contributed by atoms with Crippen LogP contribution in [0.1, 0.15) is 24.8 Å². The van der Waals surface area contributed by atoms with E-state index < -0.39 is 0 Å².